The maximum absolute atomic E-state index is 12.9. The van der Waals surface area contributed by atoms with Crippen molar-refractivity contribution in [2.75, 3.05) is 19.8 Å². The quantitative estimate of drug-likeness (QED) is 0.0147. The number of phosphoric ester groups is 1. The zero-order valence-electron chi connectivity index (χ0n) is 40.8. The summed E-state index contributed by atoms with van der Waals surface area (Å²) in [4.78, 5) is 23.2. The Labute approximate surface area is 395 Å². The van der Waals surface area contributed by atoms with E-state index in [1.165, 1.54) is 103 Å². The Balaban J connectivity index is 2.34. The summed E-state index contributed by atoms with van der Waals surface area (Å²) in [6.07, 6.45) is 40.3. The van der Waals surface area contributed by atoms with Crippen LogP contribution in [0.2, 0.25) is 0 Å². The third-order valence-electron chi connectivity index (χ3n) is 12.0. The lowest BCUT2D eigenvalue weighted by molar-refractivity contribution is -0.220. The number of hydrogen-bond donors (Lipinski definition) is 6. The average molecular weight is 943 g/mol. The number of aliphatic hydroxyl groups excluding tert-OH is 5. The van der Waals surface area contributed by atoms with Gasteiger partial charge in [0.1, 0.15) is 42.7 Å². The molecule has 6 N–H and O–H groups in total. The van der Waals surface area contributed by atoms with Gasteiger partial charge in [0.05, 0.1) is 13.2 Å². The zero-order valence-corrected chi connectivity index (χ0v) is 41.7. The average Bonchev–Trinajstić information content (AvgIpc) is 3.29. The first-order chi connectivity index (χ1) is 31.5. The molecule has 0 bridgehead atoms. The van der Waals surface area contributed by atoms with Crippen molar-refractivity contribution in [2.45, 2.75) is 256 Å². The van der Waals surface area contributed by atoms with Crippen LogP contribution in [-0.4, -0.2) is 98.9 Å². The van der Waals surface area contributed by atoms with E-state index in [0.29, 0.717) is 13.0 Å². The maximum Gasteiger partial charge on any atom is 0.472 e. The van der Waals surface area contributed by atoms with Gasteiger partial charge >= 0.3 is 13.8 Å². The Morgan fingerprint density at radius 2 is 0.908 bits per heavy atom. The number of allylic oxidation sites excluding steroid dienone is 8. The maximum atomic E-state index is 12.9. The highest BCUT2D eigenvalue weighted by molar-refractivity contribution is 7.47. The van der Waals surface area contributed by atoms with Crippen molar-refractivity contribution in [3.63, 3.8) is 0 Å². The number of carbonyl (C=O) groups is 1. The fourth-order valence-electron chi connectivity index (χ4n) is 7.88. The Morgan fingerprint density at radius 1 is 0.508 bits per heavy atom. The first-order valence-corrected chi connectivity index (χ1v) is 27.5. The number of phosphoric acid groups is 1. The smallest absolute Gasteiger partial charge is 0.457 e. The van der Waals surface area contributed by atoms with E-state index in [1.807, 2.05) is 0 Å². The van der Waals surface area contributed by atoms with E-state index >= 15 is 0 Å². The summed E-state index contributed by atoms with van der Waals surface area (Å²) in [6, 6.07) is 0. The minimum Gasteiger partial charge on any atom is -0.457 e. The number of ether oxygens (including phenoxy) is 2. The Hall–Kier alpha value is -1.70. The third kappa shape index (κ3) is 34.3. The predicted octanol–water partition coefficient (Wildman–Crippen LogP) is 11.6. The molecule has 0 radical (unpaired) electrons. The lowest BCUT2D eigenvalue weighted by Gasteiger charge is -2.41. The van der Waals surface area contributed by atoms with Gasteiger partial charge < -0.3 is 39.9 Å². The van der Waals surface area contributed by atoms with E-state index in [9.17, 15) is 39.8 Å². The Kier molecular flexibility index (Phi) is 40.0. The molecule has 1 aliphatic rings. The summed E-state index contributed by atoms with van der Waals surface area (Å²) in [5, 5.41) is 50.3. The Morgan fingerprint density at radius 3 is 1.38 bits per heavy atom. The standard InChI is InChI=1S/C52H95O12P/c1-3-5-7-9-11-13-15-17-19-21-23-25-27-29-31-33-35-37-39-41-46(53)63-45(44-62-65(59,60)64-52-50(57)48(55)47(54)49(56)51(52)58)43-61-42-40-38-36-34-32-30-28-26-24-22-20-18-16-14-12-10-8-6-4-2/h5,7,11,13,17,19,23,25,45,47-52,54-58H,3-4,6,8-10,12,14-16,18,20-22,24,26-44H2,1-2H3,(H,59,60)/b7-5-,13-11-,19-17-,25-23-. The number of aliphatic hydroxyl groups is 5. The van der Waals surface area contributed by atoms with E-state index in [-0.39, 0.29) is 13.0 Å². The second-order valence-corrected chi connectivity index (χ2v) is 19.4. The minimum atomic E-state index is -5.03. The lowest BCUT2D eigenvalue weighted by Crippen LogP contribution is -2.64. The van der Waals surface area contributed by atoms with Gasteiger partial charge in [-0.05, 0) is 51.4 Å². The molecule has 6 atom stereocenters. The van der Waals surface area contributed by atoms with Crippen molar-refractivity contribution in [3.05, 3.63) is 48.6 Å². The van der Waals surface area contributed by atoms with E-state index in [4.69, 9.17) is 18.5 Å². The van der Waals surface area contributed by atoms with E-state index in [0.717, 1.165) is 83.5 Å². The molecular formula is C52H95O12P. The highest BCUT2D eigenvalue weighted by Crippen LogP contribution is 2.47. The zero-order chi connectivity index (χ0) is 47.6. The van der Waals surface area contributed by atoms with Gasteiger partial charge in [0, 0.05) is 13.0 Å². The summed E-state index contributed by atoms with van der Waals surface area (Å²) in [7, 11) is -5.03. The molecule has 6 unspecified atom stereocenters. The summed E-state index contributed by atoms with van der Waals surface area (Å²) < 4.78 is 34.3. The molecule has 65 heavy (non-hydrogen) atoms. The largest absolute Gasteiger partial charge is 0.472 e. The SMILES string of the molecule is CC/C=C\C/C=C\C/C=C\C/C=C\CCCCCCCCC(=O)OC(COCCCCCCCCCCCCCCCCCCCCC)COP(=O)(O)OC1C(O)C(O)C(O)C(O)C1O. The van der Waals surface area contributed by atoms with Crippen LogP contribution in [0.4, 0.5) is 0 Å². The molecule has 0 amide bonds. The van der Waals surface area contributed by atoms with Gasteiger partial charge in [0.2, 0.25) is 0 Å². The number of unbranched alkanes of at least 4 members (excludes halogenated alkanes) is 24. The van der Waals surface area contributed by atoms with Gasteiger partial charge in [-0.25, -0.2) is 4.57 Å². The molecular weight excluding hydrogens is 848 g/mol. The highest BCUT2D eigenvalue weighted by Gasteiger charge is 2.51. The molecule has 0 saturated heterocycles. The number of rotatable bonds is 44. The van der Waals surface area contributed by atoms with Gasteiger partial charge in [-0.2, -0.15) is 0 Å². The molecule has 0 heterocycles. The number of esters is 1. The van der Waals surface area contributed by atoms with Crippen LogP contribution in [0.3, 0.4) is 0 Å². The van der Waals surface area contributed by atoms with Gasteiger partial charge in [0.15, 0.2) is 0 Å². The van der Waals surface area contributed by atoms with Crippen molar-refractivity contribution in [1.82, 2.24) is 0 Å². The third-order valence-corrected chi connectivity index (χ3v) is 13.0. The molecule has 0 aliphatic heterocycles. The van der Waals surface area contributed by atoms with Gasteiger partial charge in [-0.1, -0.05) is 204 Å². The normalized spacial score (nSPS) is 21.9. The minimum absolute atomic E-state index is 0.0810. The van der Waals surface area contributed by atoms with Crippen LogP contribution in [0, 0.1) is 0 Å². The number of hydrogen-bond acceptors (Lipinski definition) is 11. The van der Waals surface area contributed by atoms with Crippen LogP contribution >= 0.6 is 7.82 Å². The molecule has 1 fully saturated rings. The lowest BCUT2D eigenvalue weighted by atomic mass is 9.85. The monoisotopic (exact) mass is 943 g/mol. The summed E-state index contributed by atoms with van der Waals surface area (Å²) in [6.45, 7) is 4.16. The summed E-state index contributed by atoms with van der Waals surface area (Å²) in [5.74, 6) is -0.489. The molecule has 1 rings (SSSR count). The number of carbonyl (C=O) groups excluding carboxylic acids is 1. The van der Waals surface area contributed by atoms with Crippen LogP contribution in [-0.2, 0) is 27.9 Å². The molecule has 0 aromatic heterocycles. The first-order valence-electron chi connectivity index (χ1n) is 26.0. The molecule has 380 valence electrons. The fraction of sp³-hybridized carbons (Fsp3) is 0.827. The molecule has 0 spiro atoms. The van der Waals surface area contributed by atoms with Crippen molar-refractivity contribution in [3.8, 4) is 0 Å². The topological polar surface area (TPSA) is 192 Å². The van der Waals surface area contributed by atoms with Gasteiger partial charge in [-0.3, -0.25) is 13.8 Å². The molecule has 12 nitrogen and oxygen atoms in total. The second-order valence-electron chi connectivity index (χ2n) is 18.0. The van der Waals surface area contributed by atoms with Crippen molar-refractivity contribution < 1.29 is 58.3 Å². The van der Waals surface area contributed by atoms with E-state index in [1.54, 1.807) is 0 Å². The molecule has 0 aromatic rings. The predicted molar refractivity (Wildman–Crippen MR) is 262 cm³/mol. The van der Waals surface area contributed by atoms with Crippen LogP contribution in [0.15, 0.2) is 48.6 Å². The van der Waals surface area contributed by atoms with E-state index < -0.39 is 63.1 Å². The van der Waals surface area contributed by atoms with Crippen molar-refractivity contribution >= 4 is 13.8 Å². The van der Waals surface area contributed by atoms with Crippen LogP contribution in [0.1, 0.15) is 213 Å². The fourth-order valence-corrected chi connectivity index (χ4v) is 8.85. The van der Waals surface area contributed by atoms with Gasteiger partial charge in [-0.15, -0.1) is 0 Å². The van der Waals surface area contributed by atoms with Gasteiger partial charge in [0.25, 0.3) is 0 Å². The van der Waals surface area contributed by atoms with E-state index in [2.05, 4.69) is 62.5 Å². The Bertz CT molecular complexity index is 1260. The van der Waals surface area contributed by atoms with Crippen LogP contribution in [0.5, 0.6) is 0 Å². The molecule has 13 heteroatoms. The van der Waals surface area contributed by atoms with Crippen LogP contribution < -0.4 is 0 Å². The van der Waals surface area contributed by atoms with Crippen molar-refractivity contribution in [1.29, 1.82) is 0 Å². The van der Waals surface area contributed by atoms with Crippen molar-refractivity contribution in [2.24, 2.45) is 0 Å². The highest BCUT2D eigenvalue weighted by atomic mass is 31.2. The molecule has 1 saturated carbocycles. The first kappa shape index (κ1) is 61.3. The molecule has 0 aromatic carbocycles. The van der Waals surface area contributed by atoms with Crippen LogP contribution in [0.25, 0.3) is 0 Å². The summed E-state index contributed by atoms with van der Waals surface area (Å²) in [5.41, 5.74) is 0. The second kappa shape index (κ2) is 42.4. The molecule has 1 aliphatic carbocycles. The summed E-state index contributed by atoms with van der Waals surface area (Å²) >= 11 is 0.